The first-order chi connectivity index (χ1) is 12.2. The van der Waals surface area contributed by atoms with E-state index in [1.165, 1.54) is 0 Å². The van der Waals surface area contributed by atoms with E-state index >= 15 is 0 Å². The Morgan fingerprint density at radius 2 is 2.20 bits per heavy atom. The quantitative estimate of drug-likeness (QED) is 0.740. The Bertz CT molecular complexity index is 698. The molecule has 1 amide bonds. The number of thioether (sulfide) groups is 1. The fourth-order valence-corrected chi connectivity index (χ4v) is 3.54. The molecule has 1 aromatic carbocycles. The highest BCUT2D eigenvalue weighted by Gasteiger charge is 2.20. The zero-order valence-electron chi connectivity index (χ0n) is 14.1. The van der Waals surface area contributed by atoms with Crippen LogP contribution in [0.3, 0.4) is 0 Å². The van der Waals surface area contributed by atoms with E-state index < -0.39 is 0 Å². The van der Waals surface area contributed by atoms with E-state index in [9.17, 15) is 4.79 Å². The maximum Gasteiger partial charge on any atom is 0.256 e. The molecule has 2 N–H and O–H groups in total. The van der Waals surface area contributed by atoms with Gasteiger partial charge in [0, 0.05) is 31.6 Å². The highest BCUT2D eigenvalue weighted by molar-refractivity contribution is 7.99. The number of nitrogens with one attached hydrogen (secondary N) is 2. The molecule has 2 heterocycles. The van der Waals surface area contributed by atoms with Crippen LogP contribution in [0.5, 0.6) is 11.6 Å². The third-order valence-corrected chi connectivity index (χ3v) is 5.10. The Hall–Kier alpha value is -2.09. The number of ether oxygens (including phenoxy) is 1. The summed E-state index contributed by atoms with van der Waals surface area (Å²) in [4.78, 5) is 18.9. The van der Waals surface area contributed by atoms with Gasteiger partial charge in [-0.05, 0) is 31.3 Å². The van der Waals surface area contributed by atoms with Crippen molar-refractivity contribution in [2.45, 2.75) is 5.50 Å². The summed E-state index contributed by atoms with van der Waals surface area (Å²) in [6, 6.07) is 12.8. The fourth-order valence-electron chi connectivity index (χ4n) is 2.50. The van der Waals surface area contributed by atoms with E-state index in [1.807, 2.05) is 30.3 Å². The van der Waals surface area contributed by atoms with E-state index in [0.717, 1.165) is 18.8 Å². The molecule has 0 bridgehead atoms. The molecule has 0 spiro atoms. The molecule has 132 valence electrons. The van der Waals surface area contributed by atoms with Crippen LogP contribution in [0.4, 0.5) is 0 Å². The first kappa shape index (κ1) is 17.7. The lowest BCUT2D eigenvalue weighted by molar-refractivity contribution is 0.0953. The minimum atomic E-state index is -0.174. The molecule has 1 atom stereocenters. The summed E-state index contributed by atoms with van der Waals surface area (Å²) in [6.07, 6.45) is 1.62. The number of pyridine rings is 1. The van der Waals surface area contributed by atoms with Crippen molar-refractivity contribution in [3.8, 4) is 11.6 Å². The summed E-state index contributed by atoms with van der Waals surface area (Å²) in [5.74, 6) is 1.63. The van der Waals surface area contributed by atoms with E-state index in [0.29, 0.717) is 29.2 Å². The van der Waals surface area contributed by atoms with Crippen LogP contribution in [0.1, 0.15) is 10.4 Å². The second-order valence-electron chi connectivity index (χ2n) is 5.69. The van der Waals surface area contributed by atoms with Crippen molar-refractivity contribution >= 4 is 17.7 Å². The van der Waals surface area contributed by atoms with Crippen molar-refractivity contribution in [2.24, 2.45) is 0 Å². The van der Waals surface area contributed by atoms with Crippen LogP contribution < -0.4 is 15.4 Å². The molecule has 25 heavy (non-hydrogen) atoms. The SMILES string of the molecule is CN1CCNC1SCCNC(=O)c1cccnc1Oc1ccccc1. The first-order valence-corrected chi connectivity index (χ1v) is 9.30. The number of hydrogen-bond acceptors (Lipinski definition) is 6. The second-order valence-corrected chi connectivity index (χ2v) is 6.87. The summed E-state index contributed by atoms with van der Waals surface area (Å²) < 4.78 is 5.74. The van der Waals surface area contributed by atoms with Crippen molar-refractivity contribution in [3.63, 3.8) is 0 Å². The lowest BCUT2D eigenvalue weighted by Gasteiger charge is -2.18. The number of nitrogens with zero attached hydrogens (tertiary/aromatic N) is 2. The molecule has 1 aliphatic heterocycles. The van der Waals surface area contributed by atoms with Crippen molar-refractivity contribution in [1.82, 2.24) is 20.5 Å². The van der Waals surface area contributed by atoms with Gasteiger partial charge in [0.15, 0.2) is 0 Å². The number of hydrogen-bond donors (Lipinski definition) is 2. The zero-order valence-corrected chi connectivity index (χ0v) is 15.0. The Balaban J connectivity index is 1.53. The molecule has 6 nitrogen and oxygen atoms in total. The molecule has 0 aliphatic carbocycles. The lowest BCUT2D eigenvalue weighted by atomic mass is 10.2. The van der Waals surface area contributed by atoms with Crippen LogP contribution in [-0.2, 0) is 0 Å². The van der Waals surface area contributed by atoms with Gasteiger partial charge < -0.3 is 10.1 Å². The highest BCUT2D eigenvalue weighted by Crippen LogP contribution is 2.22. The third kappa shape index (κ3) is 4.94. The van der Waals surface area contributed by atoms with Crippen LogP contribution in [0.25, 0.3) is 0 Å². The second kappa shape index (κ2) is 8.84. The predicted molar refractivity (Wildman–Crippen MR) is 100.0 cm³/mol. The standard InChI is InChI=1S/C18H22N4O2S/c1-22-12-10-21-18(22)25-13-11-19-16(23)15-8-5-9-20-17(15)24-14-6-3-2-4-7-14/h2-9,18,21H,10-13H2,1H3,(H,19,23). The van der Waals surface area contributed by atoms with E-state index in [4.69, 9.17) is 4.74 Å². The van der Waals surface area contributed by atoms with E-state index in [-0.39, 0.29) is 5.91 Å². The number of aromatic nitrogens is 1. The van der Waals surface area contributed by atoms with Gasteiger partial charge in [-0.3, -0.25) is 15.0 Å². The molecule has 1 aliphatic rings. The highest BCUT2D eigenvalue weighted by atomic mass is 32.2. The monoisotopic (exact) mass is 358 g/mol. The Morgan fingerprint density at radius 3 is 2.96 bits per heavy atom. The average Bonchev–Trinajstić information content (AvgIpc) is 3.05. The van der Waals surface area contributed by atoms with Crippen molar-refractivity contribution < 1.29 is 9.53 Å². The Labute approximate surface area is 152 Å². The summed E-state index contributed by atoms with van der Waals surface area (Å²) >= 11 is 1.79. The van der Waals surface area contributed by atoms with Gasteiger partial charge in [0.25, 0.3) is 5.91 Å². The van der Waals surface area contributed by atoms with Crippen molar-refractivity contribution in [2.75, 3.05) is 32.4 Å². The molecular weight excluding hydrogens is 336 g/mol. The fraction of sp³-hybridized carbons (Fsp3) is 0.333. The molecule has 0 radical (unpaired) electrons. The van der Waals surface area contributed by atoms with Crippen LogP contribution in [0.15, 0.2) is 48.7 Å². The van der Waals surface area contributed by atoms with E-state index in [1.54, 1.807) is 30.1 Å². The molecule has 1 saturated heterocycles. The number of para-hydroxylation sites is 1. The van der Waals surface area contributed by atoms with Gasteiger partial charge >= 0.3 is 0 Å². The third-order valence-electron chi connectivity index (χ3n) is 3.82. The maximum atomic E-state index is 12.4. The molecular formula is C18H22N4O2S. The van der Waals surface area contributed by atoms with Gasteiger partial charge in [-0.2, -0.15) is 0 Å². The van der Waals surface area contributed by atoms with Gasteiger partial charge in [0.1, 0.15) is 16.8 Å². The molecule has 3 rings (SSSR count). The maximum absolute atomic E-state index is 12.4. The minimum absolute atomic E-state index is 0.174. The van der Waals surface area contributed by atoms with Crippen LogP contribution >= 0.6 is 11.8 Å². The van der Waals surface area contributed by atoms with Crippen LogP contribution in [0, 0.1) is 0 Å². The van der Waals surface area contributed by atoms with Gasteiger partial charge in [0.2, 0.25) is 5.88 Å². The molecule has 1 aromatic heterocycles. The van der Waals surface area contributed by atoms with Gasteiger partial charge in [-0.15, -0.1) is 11.8 Å². The smallest absolute Gasteiger partial charge is 0.256 e. The summed E-state index contributed by atoms with van der Waals surface area (Å²) in [5, 5.41) is 6.35. The van der Waals surface area contributed by atoms with Gasteiger partial charge in [0.05, 0.1) is 0 Å². The van der Waals surface area contributed by atoms with Gasteiger partial charge in [-0.1, -0.05) is 18.2 Å². The van der Waals surface area contributed by atoms with Crippen molar-refractivity contribution in [3.05, 3.63) is 54.2 Å². The molecule has 2 aromatic rings. The summed E-state index contributed by atoms with van der Waals surface area (Å²) in [6.45, 7) is 2.66. The summed E-state index contributed by atoms with van der Waals surface area (Å²) in [7, 11) is 2.10. The number of carbonyl (C=O) groups is 1. The minimum Gasteiger partial charge on any atom is -0.438 e. The van der Waals surface area contributed by atoms with Crippen molar-refractivity contribution in [1.29, 1.82) is 0 Å². The van der Waals surface area contributed by atoms with Crippen LogP contribution in [-0.4, -0.2) is 53.7 Å². The van der Waals surface area contributed by atoms with Crippen LogP contribution in [0.2, 0.25) is 0 Å². The first-order valence-electron chi connectivity index (χ1n) is 8.25. The molecule has 1 fully saturated rings. The normalized spacial score (nSPS) is 17.4. The number of rotatable bonds is 7. The topological polar surface area (TPSA) is 66.5 Å². The Kier molecular flexibility index (Phi) is 6.27. The largest absolute Gasteiger partial charge is 0.438 e. The molecule has 7 heteroatoms. The number of amides is 1. The predicted octanol–water partition coefficient (Wildman–Crippen LogP) is 2.16. The molecule has 1 unspecified atom stereocenters. The van der Waals surface area contributed by atoms with E-state index in [2.05, 4.69) is 27.6 Å². The number of likely N-dealkylation sites (N-methyl/N-ethyl adjacent to an activating group) is 1. The number of carbonyl (C=O) groups excluding carboxylic acids is 1. The Morgan fingerprint density at radius 1 is 1.36 bits per heavy atom. The summed E-state index contributed by atoms with van der Waals surface area (Å²) in [5.41, 5.74) is 0.764. The zero-order chi connectivity index (χ0) is 17.5. The lowest BCUT2D eigenvalue weighted by Crippen LogP contribution is -2.32. The molecule has 0 saturated carbocycles. The van der Waals surface area contributed by atoms with Gasteiger partial charge in [-0.25, -0.2) is 4.98 Å². The number of benzene rings is 1. The average molecular weight is 358 g/mol.